The molecule has 0 bridgehead atoms. The van der Waals surface area contributed by atoms with Crippen molar-refractivity contribution in [3.8, 4) is 0 Å². The lowest BCUT2D eigenvalue weighted by molar-refractivity contribution is -0.393. The highest BCUT2D eigenvalue weighted by Gasteiger charge is 2.38. The Morgan fingerprint density at radius 1 is 0.550 bits per heavy atom. The molecule has 2 aliphatic heterocycles. The maximum atomic E-state index is 13.2. The standard InChI is InChI=1S/C44H56N4O10.2BrH/c1-11-58-44(53)20-33-32(15-19-43(52)57-10)38(22-35-25(3)30(28(6)46-35)13-17-41(50)55-8)48-39(33)23-37-31(14-18-42(51)56-9)26(4)36(47-37)21-34-24(2)29(27(5)45-34)12-16-40(49)54-7;;/h21-22,45-46H,11-20,23H2,1-10H3;2*1H/b36-21+,38-22-;;. The molecule has 4 heterocycles. The number of esters is 5. The highest BCUT2D eigenvalue weighted by molar-refractivity contribution is 6.17. The van der Waals surface area contributed by atoms with E-state index in [4.69, 9.17) is 23.7 Å². The van der Waals surface area contributed by atoms with Crippen LogP contribution in [0.3, 0.4) is 0 Å². The first-order valence-electron chi connectivity index (χ1n) is 19.6. The van der Waals surface area contributed by atoms with E-state index in [1.807, 2.05) is 46.8 Å². The number of carbonyl (C=O) groups is 5. The van der Waals surface area contributed by atoms with Crippen LogP contribution < -0.4 is 43.9 Å². The Labute approximate surface area is 372 Å². The molecule has 16 heteroatoms. The van der Waals surface area contributed by atoms with Gasteiger partial charge in [-0.15, -0.1) is 0 Å². The molecule has 0 aromatic carbocycles. The molecule has 328 valence electrons. The summed E-state index contributed by atoms with van der Waals surface area (Å²) in [7, 11) is 5.46. The third-order valence-electron chi connectivity index (χ3n) is 10.9. The smallest absolute Gasteiger partial charge is 0.310 e. The number of hydrogen-bond donors (Lipinski definition) is 4. The number of allylic oxidation sites excluding steroid dienone is 3. The molecule has 0 unspecified atom stereocenters. The Kier molecular flexibility index (Phi) is 20.4. The van der Waals surface area contributed by atoms with Crippen molar-refractivity contribution < 1.29 is 91.6 Å². The Balaban J connectivity index is 0.00000620. The monoisotopic (exact) mass is 960 g/mol. The summed E-state index contributed by atoms with van der Waals surface area (Å²) in [5.41, 5.74) is 14.2. The summed E-state index contributed by atoms with van der Waals surface area (Å²) in [4.78, 5) is 76.2. The van der Waals surface area contributed by atoms with Gasteiger partial charge < -0.3 is 67.6 Å². The van der Waals surface area contributed by atoms with Gasteiger partial charge in [0.15, 0.2) is 11.4 Å². The van der Waals surface area contributed by atoms with E-state index in [1.54, 1.807) is 6.92 Å². The van der Waals surface area contributed by atoms with Crippen molar-refractivity contribution in [2.75, 3.05) is 35.0 Å². The highest BCUT2D eigenvalue weighted by atomic mass is 79.9. The Hall–Kier alpha value is -4.83. The van der Waals surface area contributed by atoms with Gasteiger partial charge in [0.2, 0.25) is 11.4 Å². The van der Waals surface area contributed by atoms with Gasteiger partial charge in [0, 0.05) is 82.9 Å². The molecule has 0 saturated carbocycles. The van der Waals surface area contributed by atoms with E-state index in [-0.39, 0.29) is 96.6 Å². The molecule has 2 aromatic heterocycles. The molecular weight excluding hydrogens is 904 g/mol. The zero-order valence-electron chi connectivity index (χ0n) is 36.3. The number of rotatable bonds is 19. The molecule has 60 heavy (non-hydrogen) atoms. The third kappa shape index (κ3) is 12.8. The fourth-order valence-corrected chi connectivity index (χ4v) is 7.59. The van der Waals surface area contributed by atoms with Gasteiger partial charge in [0.1, 0.15) is 6.42 Å². The number of aromatic amines is 2. The van der Waals surface area contributed by atoms with Gasteiger partial charge in [0.25, 0.3) is 0 Å². The van der Waals surface area contributed by atoms with E-state index in [1.165, 1.54) is 28.4 Å². The van der Waals surface area contributed by atoms with E-state index in [0.717, 1.165) is 78.9 Å². The number of aromatic nitrogens is 2. The molecule has 0 fully saturated rings. The first kappa shape index (κ1) is 51.3. The summed E-state index contributed by atoms with van der Waals surface area (Å²) in [5, 5.41) is 0. The minimum atomic E-state index is -0.409. The molecule has 4 rings (SSSR count). The molecular formula is C44H58Br2N4O10. The van der Waals surface area contributed by atoms with Crippen LogP contribution in [0, 0.1) is 27.7 Å². The number of H-pyrrole nitrogens is 2. The largest absolute Gasteiger partial charge is 1.00 e. The van der Waals surface area contributed by atoms with E-state index < -0.39 is 5.97 Å². The van der Waals surface area contributed by atoms with Crippen LogP contribution in [0.2, 0.25) is 0 Å². The van der Waals surface area contributed by atoms with Crippen LogP contribution in [-0.2, 0) is 60.5 Å². The molecule has 0 radical (unpaired) electrons. The summed E-state index contributed by atoms with van der Waals surface area (Å²) in [5.74, 6) is -1.70. The Bertz CT molecular complexity index is 2150. The zero-order valence-corrected chi connectivity index (χ0v) is 39.4. The molecule has 4 N–H and O–H groups in total. The number of carbonyl (C=O) groups excluding carboxylic acids is 5. The van der Waals surface area contributed by atoms with Crippen LogP contribution in [0.1, 0.15) is 110 Å². The Morgan fingerprint density at radius 2 is 0.950 bits per heavy atom. The van der Waals surface area contributed by atoms with Crippen molar-refractivity contribution in [1.82, 2.24) is 9.97 Å². The summed E-state index contributed by atoms with van der Waals surface area (Å²) in [6.07, 6.45) is 6.79. The maximum Gasteiger partial charge on any atom is 0.310 e. The molecule has 0 atom stereocenters. The van der Waals surface area contributed by atoms with Crippen molar-refractivity contribution in [3.05, 3.63) is 78.7 Å². The summed E-state index contributed by atoms with van der Waals surface area (Å²) in [6.45, 7) is 11.9. The van der Waals surface area contributed by atoms with E-state index in [9.17, 15) is 24.0 Å². The summed E-state index contributed by atoms with van der Waals surface area (Å²) in [6, 6.07) is 0. The number of ether oxygens (including phenoxy) is 5. The molecule has 0 spiro atoms. The van der Waals surface area contributed by atoms with Crippen molar-refractivity contribution in [2.45, 2.75) is 106 Å². The number of methoxy groups -OCH3 is 4. The number of hydrogen-bond acceptors (Lipinski definition) is 10. The van der Waals surface area contributed by atoms with Crippen LogP contribution in [-0.4, -0.2) is 86.3 Å². The minimum Gasteiger partial charge on any atom is -1.00 e. The normalized spacial score (nSPS) is 14.8. The van der Waals surface area contributed by atoms with Gasteiger partial charge in [-0.2, -0.15) is 0 Å². The SMILES string of the molecule is CCOC(=O)CC1=C(CCC(=O)OC)/C(=C/c2[nH]c(C)c(CCC(=O)OC)c2C)[NH+]=C1CC1=[NH+]/C(=C/c2[nH]c(C)c(CCC(=O)OC)c2C)C(C)=C1CCC(=O)OC.[Br-].[Br-]. The lowest BCUT2D eigenvalue weighted by atomic mass is 9.91. The van der Waals surface area contributed by atoms with E-state index in [2.05, 4.69) is 20.0 Å². The van der Waals surface area contributed by atoms with Crippen molar-refractivity contribution in [2.24, 2.45) is 0 Å². The Morgan fingerprint density at radius 3 is 1.40 bits per heavy atom. The fourth-order valence-electron chi connectivity index (χ4n) is 7.59. The fraction of sp³-hybridized carbons (Fsp3) is 0.477. The lowest BCUT2D eigenvalue weighted by Crippen LogP contribution is -3.00. The van der Waals surface area contributed by atoms with Crippen LogP contribution in [0.25, 0.3) is 12.2 Å². The predicted molar refractivity (Wildman–Crippen MR) is 217 cm³/mol. The van der Waals surface area contributed by atoms with Crippen LogP contribution in [0.4, 0.5) is 0 Å². The topological polar surface area (TPSA) is 191 Å². The van der Waals surface area contributed by atoms with Crippen LogP contribution in [0.5, 0.6) is 0 Å². The van der Waals surface area contributed by atoms with E-state index in [0.29, 0.717) is 43.4 Å². The average Bonchev–Trinajstić information content (AvgIpc) is 3.86. The van der Waals surface area contributed by atoms with Gasteiger partial charge in [-0.3, -0.25) is 24.0 Å². The van der Waals surface area contributed by atoms with Gasteiger partial charge in [-0.1, -0.05) is 0 Å². The average molecular weight is 963 g/mol. The summed E-state index contributed by atoms with van der Waals surface area (Å²) < 4.78 is 25.2. The number of aryl methyl sites for hydroxylation is 2. The molecule has 0 aliphatic carbocycles. The highest BCUT2D eigenvalue weighted by Crippen LogP contribution is 2.31. The second-order valence-corrected chi connectivity index (χ2v) is 14.4. The van der Waals surface area contributed by atoms with Gasteiger partial charge in [-0.25, -0.2) is 9.98 Å². The third-order valence-corrected chi connectivity index (χ3v) is 10.9. The van der Waals surface area contributed by atoms with E-state index >= 15 is 0 Å². The van der Waals surface area contributed by atoms with Crippen LogP contribution in [0.15, 0.2) is 33.7 Å². The molecule has 0 saturated heterocycles. The second-order valence-electron chi connectivity index (χ2n) is 14.4. The van der Waals surface area contributed by atoms with Gasteiger partial charge >= 0.3 is 29.8 Å². The zero-order chi connectivity index (χ0) is 42.7. The predicted octanol–water partition coefficient (Wildman–Crippen LogP) is -2.89. The number of halogens is 2. The molecule has 2 aliphatic rings. The first-order chi connectivity index (χ1) is 27.6. The second kappa shape index (κ2) is 23.8. The maximum absolute atomic E-state index is 13.2. The first-order valence-corrected chi connectivity index (χ1v) is 19.6. The van der Waals surface area contributed by atoms with Crippen molar-refractivity contribution in [3.63, 3.8) is 0 Å². The van der Waals surface area contributed by atoms with Crippen LogP contribution >= 0.6 is 0 Å². The van der Waals surface area contributed by atoms with Crippen molar-refractivity contribution >= 4 is 53.4 Å². The van der Waals surface area contributed by atoms with Gasteiger partial charge in [-0.05, 0) is 89.5 Å². The lowest BCUT2D eigenvalue weighted by Gasteiger charge is -2.07. The molecule has 0 amide bonds. The van der Waals surface area contributed by atoms with Gasteiger partial charge in [0.05, 0.1) is 41.5 Å². The number of nitrogens with one attached hydrogen (secondary N) is 4. The molecule has 14 nitrogen and oxygen atoms in total. The summed E-state index contributed by atoms with van der Waals surface area (Å²) >= 11 is 0. The van der Waals surface area contributed by atoms with Crippen molar-refractivity contribution in [1.29, 1.82) is 0 Å². The minimum absolute atomic E-state index is 0. The molecule has 2 aromatic rings. The quantitative estimate of drug-likeness (QED) is 0.0841.